The van der Waals surface area contributed by atoms with Crippen LogP contribution in [0, 0.1) is 11.3 Å². The standard InChI is InChI=1S/C14H19N3O3S/c15-7-11-3-1-2-4-13(11)20-9-12(18)8-16-5-6-17-14(19)10-21/h1-4,12,16,18,21H,5-6,8-10H2,(H,17,19). The van der Waals surface area contributed by atoms with E-state index in [9.17, 15) is 9.90 Å². The van der Waals surface area contributed by atoms with E-state index < -0.39 is 6.10 Å². The summed E-state index contributed by atoms with van der Waals surface area (Å²) in [5, 5.41) is 24.3. The van der Waals surface area contributed by atoms with Crippen LogP contribution in [0.15, 0.2) is 24.3 Å². The van der Waals surface area contributed by atoms with Gasteiger partial charge in [0.25, 0.3) is 0 Å². The fourth-order valence-electron chi connectivity index (χ4n) is 1.54. The molecule has 6 nitrogen and oxygen atoms in total. The van der Waals surface area contributed by atoms with Gasteiger partial charge in [0.1, 0.15) is 24.5 Å². The summed E-state index contributed by atoms with van der Waals surface area (Å²) < 4.78 is 5.41. The van der Waals surface area contributed by atoms with Gasteiger partial charge in [-0.25, -0.2) is 0 Å². The van der Waals surface area contributed by atoms with Crippen molar-refractivity contribution < 1.29 is 14.6 Å². The first kappa shape index (κ1) is 17.3. The van der Waals surface area contributed by atoms with Crippen LogP contribution in [0.4, 0.5) is 0 Å². The average molecular weight is 309 g/mol. The van der Waals surface area contributed by atoms with Crippen molar-refractivity contribution in [1.82, 2.24) is 10.6 Å². The largest absolute Gasteiger partial charge is 0.489 e. The molecule has 0 spiro atoms. The minimum absolute atomic E-state index is 0.0920. The second-order valence-electron chi connectivity index (χ2n) is 4.28. The van der Waals surface area contributed by atoms with Crippen LogP contribution >= 0.6 is 12.6 Å². The lowest BCUT2D eigenvalue weighted by Crippen LogP contribution is -2.37. The molecule has 0 aromatic heterocycles. The highest BCUT2D eigenvalue weighted by atomic mass is 32.1. The van der Waals surface area contributed by atoms with E-state index in [1.807, 2.05) is 6.07 Å². The van der Waals surface area contributed by atoms with E-state index in [2.05, 4.69) is 23.3 Å². The Morgan fingerprint density at radius 2 is 2.19 bits per heavy atom. The highest BCUT2D eigenvalue weighted by molar-refractivity contribution is 7.81. The number of carbonyl (C=O) groups excluding carboxylic acids is 1. The number of thiol groups is 1. The number of nitrogens with one attached hydrogen (secondary N) is 2. The molecule has 21 heavy (non-hydrogen) atoms. The van der Waals surface area contributed by atoms with Crippen molar-refractivity contribution in [2.24, 2.45) is 0 Å². The van der Waals surface area contributed by atoms with Gasteiger partial charge in [0.2, 0.25) is 5.91 Å². The molecule has 0 aliphatic carbocycles. The van der Waals surface area contributed by atoms with Crippen LogP contribution in [0.1, 0.15) is 5.56 Å². The summed E-state index contributed by atoms with van der Waals surface area (Å²) in [5.74, 6) is 0.492. The molecule has 1 unspecified atom stereocenters. The Labute approximate surface area is 129 Å². The molecule has 1 aromatic rings. The van der Waals surface area contributed by atoms with E-state index in [0.717, 1.165) is 0 Å². The highest BCUT2D eigenvalue weighted by Gasteiger charge is 2.07. The van der Waals surface area contributed by atoms with Crippen LogP contribution in [-0.4, -0.2) is 49.1 Å². The molecule has 0 aliphatic heterocycles. The molecule has 0 aliphatic rings. The molecule has 0 heterocycles. The van der Waals surface area contributed by atoms with Gasteiger partial charge in [0, 0.05) is 19.6 Å². The van der Waals surface area contributed by atoms with Gasteiger partial charge < -0.3 is 20.5 Å². The molecular weight excluding hydrogens is 290 g/mol. The Hall–Kier alpha value is -1.75. The minimum atomic E-state index is -0.697. The number of aliphatic hydroxyl groups excluding tert-OH is 1. The molecule has 0 saturated heterocycles. The first-order valence-electron chi connectivity index (χ1n) is 6.55. The Kier molecular flexibility index (Phi) is 8.28. The summed E-state index contributed by atoms with van der Waals surface area (Å²) >= 11 is 3.84. The molecule has 7 heteroatoms. The van der Waals surface area contributed by atoms with Crippen molar-refractivity contribution in [2.45, 2.75) is 6.10 Å². The number of para-hydroxylation sites is 1. The summed E-state index contributed by atoms with van der Waals surface area (Å²) in [6.45, 7) is 1.45. The molecule has 0 fully saturated rings. The van der Waals surface area contributed by atoms with Gasteiger partial charge in [-0.1, -0.05) is 12.1 Å². The normalized spacial score (nSPS) is 11.5. The lowest BCUT2D eigenvalue weighted by Gasteiger charge is -2.14. The second-order valence-corrected chi connectivity index (χ2v) is 4.60. The van der Waals surface area contributed by atoms with Crippen LogP contribution in [0.5, 0.6) is 5.75 Å². The van der Waals surface area contributed by atoms with Crippen molar-refractivity contribution in [2.75, 3.05) is 32.0 Å². The first-order chi connectivity index (χ1) is 10.2. The monoisotopic (exact) mass is 309 g/mol. The molecule has 114 valence electrons. The number of hydrogen-bond donors (Lipinski definition) is 4. The molecule has 0 saturated carbocycles. The number of hydrogen-bond acceptors (Lipinski definition) is 6. The molecule has 1 rings (SSSR count). The topological polar surface area (TPSA) is 94.4 Å². The third-order valence-electron chi connectivity index (χ3n) is 2.59. The van der Waals surface area contributed by atoms with Gasteiger partial charge >= 0.3 is 0 Å². The molecule has 0 bridgehead atoms. The van der Waals surface area contributed by atoms with E-state index in [-0.39, 0.29) is 18.3 Å². The summed E-state index contributed by atoms with van der Waals surface area (Å²) in [4.78, 5) is 10.9. The molecule has 1 aromatic carbocycles. The maximum absolute atomic E-state index is 10.9. The zero-order valence-corrected chi connectivity index (χ0v) is 12.5. The SMILES string of the molecule is N#Cc1ccccc1OCC(O)CNCCNC(=O)CS. The van der Waals surface area contributed by atoms with E-state index in [1.165, 1.54) is 0 Å². The van der Waals surface area contributed by atoms with E-state index >= 15 is 0 Å². The van der Waals surface area contributed by atoms with Crippen LogP contribution in [0.25, 0.3) is 0 Å². The molecule has 1 atom stereocenters. The Morgan fingerprint density at radius 1 is 1.43 bits per heavy atom. The van der Waals surface area contributed by atoms with Crippen LogP contribution in [0.2, 0.25) is 0 Å². The van der Waals surface area contributed by atoms with Gasteiger partial charge in [0.15, 0.2) is 0 Å². The number of benzene rings is 1. The van der Waals surface area contributed by atoms with Crippen molar-refractivity contribution in [1.29, 1.82) is 5.26 Å². The van der Waals surface area contributed by atoms with Gasteiger partial charge in [0.05, 0.1) is 11.3 Å². The third-order valence-corrected chi connectivity index (χ3v) is 2.87. The summed E-state index contributed by atoms with van der Waals surface area (Å²) in [5.41, 5.74) is 0.437. The second kappa shape index (κ2) is 10.0. The third kappa shape index (κ3) is 6.99. The van der Waals surface area contributed by atoms with Gasteiger partial charge in [-0.05, 0) is 12.1 Å². The van der Waals surface area contributed by atoms with Crippen molar-refractivity contribution in [3.05, 3.63) is 29.8 Å². The fourth-order valence-corrected chi connectivity index (χ4v) is 1.66. The molecule has 3 N–H and O–H groups in total. The molecular formula is C14H19N3O3S. The smallest absolute Gasteiger partial charge is 0.229 e. The van der Waals surface area contributed by atoms with E-state index in [0.29, 0.717) is 30.9 Å². The zero-order valence-electron chi connectivity index (χ0n) is 11.6. The molecule has 1 amide bonds. The quantitative estimate of drug-likeness (QED) is 0.378. The van der Waals surface area contributed by atoms with E-state index in [1.54, 1.807) is 24.3 Å². The van der Waals surface area contributed by atoms with Gasteiger partial charge in [-0.2, -0.15) is 17.9 Å². The lowest BCUT2D eigenvalue weighted by atomic mass is 10.2. The van der Waals surface area contributed by atoms with Crippen LogP contribution in [0.3, 0.4) is 0 Å². The Morgan fingerprint density at radius 3 is 2.90 bits per heavy atom. The number of ether oxygens (including phenoxy) is 1. The fraction of sp³-hybridized carbons (Fsp3) is 0.429. The number of nitriles is 1. The summed E-state index contributed by atoms with van der Waals surface area (Å²) in [6, 6.07) is 8.89. The number of carbonyl (C=O) groups is 1. The number of rotatable bonds is 9. The average Bonchev–Trinajstić information content (AvgIpc) is 2.52. The number of aliphatic hydroxyl groups is 1. The van der Waals surface area contributed by atoms with Crippen molar-refractivity contribution in [3.8, 4) is 11.8 Å². The predicted octanol–water partition coefficient (Wildman–Crippen LogP) is -0.0664. The molecule has 0 radical (unpaired) electrons. The predicted molar refractivity (Wildman–Crippen MR) is 82.4 cm³/mol. The Bertz CT molecular complexity index is 491. The maximum atomic E-state index is 10.9. The summed E-state index contributed by atoms with van der Waals surface area (Å²) in [6.07, 6.45) is -0.697. The Balaban J connectivity index is 2.18. The number of amides is 1. The summed E-state index contributed by atoms with van der Waals surface area (Å²) in [7, 11) is 0. The maximum Gasteiger partial charge on any atom is 0.229 e. The van der Waals surface area contributed by atoms with Crippen molar-refractivity contribution in [3.63, 3.8) is 0 Å². The lowest BCUT2D eigenvalue weighted by molar-refractivity contribution is -0.118. The van der Waals surface area contributed by atoms with Gasteiger partial charge in [-0.3, -0.25) is 4.79 Å². The number of nitrogens with zero attached hydrogens (tertiary/aromatic N) is 1. The zero-order chi connectivity index (χ0) is 15.5. The van der Waals surface area contributed by atoms with Crippen LogP contribution in [-0.2, 0) is 4.79 Å². The first-order valence-corrected chi connectivity index (χ1v) is 7.19. The van der Waals surface area contributed by atoms with Crippen molar-refractivity contribution >= 4 is 18.5 Å². The van der Waals surface area contributed by atoms with E-state index in [4.69, 9.17) is 10.00 Å². The highest BCUT2D eigenvalue weighted by Crippen LogP contribution is 2.16. The van der Waals surface area contributed by atoms with Crippen LogP contribution < -0.4 is 15.4 Å². The minimum Gasteiger partial charge on any atom is -0.489 e. The van der Waals surface area contributed by atoms with Gasteiger partial charge in [-0.15, -0.1) is 0 Å².